The molecule has 0 unspecified atom stereocenters. The molecule has 0 bridgehead atoms. The summed E-state index contributed by atoms with van der Waals surface area (Å²) in [4.78, 5) is 13.8. The van der Waals surface area contributed by atoms with E-state index in [-0.39, 0.29) is 11.9 Å². The van der Waals surface area contributed by atoms with Crippen LogP contribution in [-0.4, -0.2) is 30.1 Å². The van der Waals surface area contributed by atoms with E-state index in [1.807, 2.05) is 25.2 Å². The number of benzene rings is 1. The van der Waals surface area contributed by atoms with Gasteiger partial charge in [-0.25, -0.2) is 0 Å². The quantitative estimate of drug-likeness (QED) is 0.671. The van der Waals surface area contributed by atoms with Gasteiger partial charge in [0.05, 0.1) is 6.04 Å². The van der Waals surface area contributed by atoms with Crippen LogP contribution < -0.4 is 0 Å². The molecule has 3 rings (SSSR count). The van der Waals surface area contributed by atoms with Gasteiger partial charge in [0, 0.05) is 13.7 Å². The van der Waals surface area contributed by atoms with Gasteiger partial charge in [0.25, 0.3) is 5.91 Å². The molecular formula is C13H15NO2. The number of β-lactam (4-membered cyclic amide) rings is 1. The van der Waals surface area contributed by atoms with E-state index in [9.17, 15) is 4.79 Å². The molecule has 1 aromatic rings. The number of likely N-dealkylation sites (tertiary alicyclic amines) is 1. The number of carbonyl (C=O) groups excluding carboxylic acids is 1. The first-order valence-electron chi connectivity index (χ1n) is 5.72. The molecule has 16 heavy (non-hydrogen) atoms. The topological polar surface area (TPSA) is 29.5 Å². The first-order valence-corrected chi connectivity index (χ1v) is 5.72. The van der Waals surface area contributed by atoms with E-state index in [4.69, 9.17) is 4.74 Å². The molecule has 1 aromatic carbocycles. The maximum absolute atomic E-state index is 12.0. The number of nitrogens with zero attached hydrogens (tertiary/aromatic N) is 1. The molecule has 3 nitrogen and oxygen atoms in total. The van der Waals surface area contributed by atoms with Crippen LogP contribution in [0.25, 0.3) is 0 Å². The van der Waals surface area contributed by atoms with Crippen LogP contribution in [0.2, 0.25) is 0 Å². The molecule has 0 N–H and O–H groups in total. The zero-order chi connectivity index (χ0) is 11.2. The smallest absolute Gasteiger partial charge is 0.257 e. The summed E-state index contributed by atoms with van der Waals surface area (Å²) in [6, 6.07) is 10.2. The van der Waals surface area contributed by atoms with E-state index in [0.717, 1.165) is 12.8 Å². The van der Waals surface area contributed by atoms with Crippen LogP contribution in [0, 0.1) is 0 Å². The van der Waals surface area contributed by atoms with E-state index in [2.05, 4.69) is 12.1 Å². The van der Waals surface area contributed by atoms with Gasteiger partial charge in [-0.1, -0.05) is 30.3 Å². The molecular weight excluding hydrogens is 202 g/mol. The number of amides is 1. The Bertz CT molecular complexity index is 409. The maximum atomic E-state index is 12.0. The molecule has 2 aliphatic rings. The molecule has 0 saturated carbocycles. The lowest BCUT2D eigenvalue weighted by molar-refractivity contribution is -0.191. The molecule has 3 heteroatoms. The lowest BCUT2D eigenvalue weighted by Crippen LogP contribution is -2.66. The van der Waals surface area contributed by atoms with Gasteiger partial charge in [0.1, 0.15) is 0 Å². The van der Waals surface area contributed by atoms with Crippen molar-refractivity contribution in [2.45, 2.75) is 24.5 Å². The van der Waals surface area contributed by atoms with E-state index in [1.165, 1.54) is 5.56 Å². The molecule has 2 atom stereocenters. The van der Waals surface area contributed by atoms with Crippen molar-refractivity contribution in [2.24, 2.45) is 0 Å². The second-order valence-corrected chi connectivity index (χ2v) is 4.57. The SMILES string of the molecule is CN1C(=O)[C@]2(CCCO2)[C@H]1c1ccccc1. The van der Waals surface area contributed by atoms with Gasteiger partial charge in [-0.05, 0) is 18.4 Å². The Kier molecular flexibility index (Phi) is 2.04. The van der Waals surface area contributed by atoms with Gasteiger partial charge < -0.3 is 9.64 Å². The number of ether oxygens (including phenoxy) is 1. The van der Waals surface area contributed by atoms with Crippen molar-refractivity contribution in [3.63, 3.8) is 0 Å². The fourth-order valence-electron chi connectivity index (χ4n) is 2.95. The lowest BCUT2D eigenvalue weighted by Gasteiger charge is -2.52. The zero-order valence-corrected chi connectivity index (χ0v) is 9.35. The van der Waals surface area contributed by atoms with E-state index >= 15 is 0 Å². The van der Waals surface area contributed by atoms with Gasteiger partial charge in [-0.15, -0.1) is 0 Å². The fraction of sp³-hybridized carbons (Fsp3) is 0.462. The van der Waals surface area contributed by atoms with E-state index < -0.39 is 5.60 Å². The zero-order valence-electron chi connectivity index (χ0n) is 9.35. The average molecular weight is 217 g/mol. The molecule has 0 radical (unpaired) electrons. The van der Waals surface area contributed by atoms with Crippen LogP contribution in [-0.2, 0) is 9.53 Å². The lowest BCUT2D eigenvalue weighted by atomic mass is 9.76. The maximum Gasteiger partial charge on any atom is 0.257 e. The molecule has 1 amide bonds. The van der Waals surface area contributed by atoms with Crippen molar-refractivity contribution < 1.29 is 9.53 Å². The van der Waals surface area contributed by atoms with Crippen LogP contribution in [0.1, 0.15) is 24.4 Å². The molecule has 1 spiro atoms. The third-order valence-electron chi connectivity index (χ3n) is 3.68. The molecule has 84 valence electrons. The highest BCUT2D eigenvalue weighted by molar-refractivity contribution is 5.93. The van der Waals surface area contributed by atoms with E-state index in [1.54, 1.807) is 4.90 Å². The first kappa shape index (κ1) is 9.85. The van der Waals surface area contributed by atoms with Gasteiger partial charge in [-0.2, -0.15) is 0 Å². The Labute approximate surface area is 95.0 Å². The standard InChI is InChI=1S/C13H15NO2/c1-14-11(10-6-3-2-4-7-10)13(12(14)15)8-5-9-16-13/h2-4,6-7,11H,5,8-9H2,1H3/t11-,13+/m1/s1. The van der Waals surface area contributed by atoms with Crippen molar-refractivity contribution in [3.8, 4) is 0 Å². The third-order valence-corrected chi connectivity index (χ3v) is 3.68. The third kappa shape index (κ3) is 1.09. The first-order chi connectivity index (χ1) is 7.76. The van der Waals surface area contributed by atoms with Crippen LogP contribution in [0.4, 0.5) is 0 Å². The highest BCUT2D eigenvalue weighted by Gasteiger charge is 2.62. The predicted molar refractivity (Wildman–Crippen MR) is 59.9 cm³/mol. The number of rotatable bonds is 1. The van der Waals surface area contributed by atoms with Gasteiger partial charge in [0.15, 0.2) is 5.60 Å². The van der Waals surface area contributed by atoms with Gasteiger partial charge in [0.2, 0.25) is 0 Å². The Morgan fingerprint density at radius 2 is 2.12 bits per heavy atom. The summed E-state index contributed by atoms with van der Waals surface area (Å²) in [5.74, 6) is 0.138. The average Bonchev–Trinajstić information content (AvgIpc) is 2.82. The predicted octanol–water partition coefficient (Wildman–Crippen LogP) is 1.75. The normalized spacial score (nSPS) is 33.2. The van der Waals surface area contributed by atoms with Crippen LogP contribution in [0.15, 0.2) is 30.3 Å². The summed E-state index contributed by atoms with van der Waals surface area (Å²) < 4.78 is 5.73. The Balaban J connectivity index is 1.98. The van der Waals surface area contributed by atoms with Crippen LogP contribution >= 0.6 is 0 Å². The number of likely N-dealkylation sites (N-methyl/N-ethyl adjacent to an activating group) is 1. The Morgan fingerprint density at radius 1 is 1.38 bits per heavy atom. The van der Waals surface area contributed by atoms with Crippen molar-refractivity contribution in [1.82, 2.24) is 4.90 Å². The summed E-state index contributed by atoms with van der Waals surface area (Å²) in [6.07, 6.45) is 1.85. The van der Waals surface area contributed by atoms with Crippen molar-refractivity contribution in [1.29, 1.82) is 0 Å². The molecule has 2 heterocycles. The van der Waals surface area contributed by atoms with Crippen LogP contribution in [0.5, 0.6) is 0 Å². The minimum atomic E-state index is -0.546. The second kappa shape index (κ2) is 3.32. The second-order valence-electron chi connectivity index (χ2n) is 4.57. The minimum absolute atomic E-state index is 0.101. The summed E-state index contributed by atoms with van der Waals surface area (Å²) >= 11 is 0. The van der Waals surface area contributed by atoms with Crippen molar-refractivity contribution in [2.75, 3.05) is 13.7 Å². The Morgan fingerprint density at radius 3 is 2.75 bits per heavy atom. The Hall–Kier alpha value is -1.35. The number of hydrogen-bond donors (Lipinski definition) is 0. The van der Waals surface area contributed by atoms with E-state index in [0.29, 0.717) is 6.61 Å². The highest BCUT2D eigenvalue weighted by Crippen LogP contribution is 2.50. The minimum Gasteiger partial charge on any atom is -0.363 e. The van der Waals surface area contributed by atoms with Crippen molar-refractivity contribution in [3.05, 3.63) is 35.9 Å². The summed E-state index contributed by atoms with van der Waals surface area (Å²) in [6.45, 7) is 0.711. The molecule has 0 aliphatic carbocycles. The molecule has 2 aliphatic heterocycles. The fourth-order valence-corrected chi connectivity index (χ4v) is 2.95. The van der Waals surface area contributed by atoms with Crippen LogP contribution in [0.3, 0.4) is 0 Å². The molecule has 2 saturated heterocycles. The van der Waals surface area contributed by atoms with Crippen molar-refractivity contribution >= 4 is 5.91 Å². The highest BCUT2D eigenvalue weighted by atomic mass is 16.5. The molecule has 0 aromatic heterocycles. The van der Waals surface area contributed by atoms with Gasteiger partial charge in [-0.3, -0.25) is 4.79 Å². The summed E-state index contributed by atoms with van der Waals surface area (Å²) in [7, 11) is 1.85. The summed E-state index contributed by atoms with van der Waals surface area (Å²) in [5, 5.41) is 0. The van der Waals surface area contributed by atoms with Gasteiger partial charge >= 0.3 is 0 Å². The molecule has 2 fully saturated rings. The number of carbonyl (C=O) groups is 1. The summed E-state index contributed by atoms with van der Waals surface area (Å²) in [5.41, 5.74) is 0.627. The monoisotopic (exact) mass is 217 g/mol. The number of hydrogen-bond acceptors (Lipinski definition) is 2. The largest absolute Gasteiger partial charge is 0.363 e.